The lowest BCUT2D eigenvalue weighted by molar-refractivity contribution is 1.05. The maximum atomic E-state index is 5.64. The Morgan fingerprint density at radius 2 is 2.16 bits per heavy atom. The number of rotatable bonds is 3. The molecule has 3 rings (SSSR count). The summed E-state index contributed by atoms with van der Waals surface area (Å²) in [7, 11) is 0. The van der Waals surface area contributed by atoms with Crippen LogP contribution in [0.15, 0.2) is 40.8 Å². The molecule has 0 aliphatic carbocycles. The number of nitrogens with zero attached hydrogens (tertiary/aromatic N) is 3. The van der Waals surface area contributed by atoms with E-state index in [-0.39, 0.29) is 0 Å². The van der Waals surface area contributed by atoms with E-state index in [9.17, 15) is 0 Å². The SMILES string of the molecule is Cc1cc(CN)ccc1Sc1ncnc2nc[nH]c12. The zero-order chi connectivity index (χ0) is 13.2. The fraction of sp³-hybridized carbons (Fsp3) is 0.154. The fourth-order valence-corrected chi connectivity index (χ4v) is 2.79. The molecule has 3 aromatic rings. The van der Waals surface area contributed by atoms with Crippen molar-refractivity contribution in [2.24, 2.45) is 5.73 Å². The monoisotopic (exact) mass is 271 g/mol. The summed E-state index contributed by atoms with van der Waals surface area (Å²) >= 11 is 1.60. The first-order valence-electron chi connectivity index (χ1n) is 5.89. The second kappa shape index (κ2) is 4.99. The van der Waals surface area contributed by atoms with Crippen molar-refractivity contribution < 1.29 is 0 Å². The van der Waals surface area contributed by atoms with Crippen molar-refractivity contribution in [3.63, 3.8) is 0 Å². The van der Waals surface area contributed by atoms with E-state index in [2.05, 4.69) is 39.0 Å². The average Bonchev–Trinajstić information content (AvgIpc) is 2.90. The lowest BCUT2D eigenvalue weighted by Crippen LogP contribution is -1.96. The summed E-state index contributed by atoms with van der Waals surface area (Å²) in [5.74, 6) is 0. The highest BCUT2D eigenvalue weighted by Gasteiger charge is 2.09. The molecule has 19 heavy (non-hydrogen) atoms. The van der Waals surface area contributed by atoms with Crippen LogP contribution in [0.1, 0.15) is 11.1 Å². The van der Waals surface area contributed by atoms with E-state index in [1.807, 2.05) is 6.07 Å². The molecule has 0 aliphatic heterocycles. The molecule has 0 atom stereocenters. The summed E-state index contributed by atoms with van der Waals surface area (Å²) in [4.78, 5) is 16.8. The summed E-state index contributed by atoms with van der Waals surface area (Å²) in [6.07, 6.45) is 3.17. The molecular formula is C13H13N5S. The van der Waals surface area contributed by atoms with E-state index in [1.54, 1.807) is 18.1 Å². The van der Waals surface area contributed by atoms with Crippen LogP contribution in [0.2, 0.25) is 0 Å². The molecule has 0 radical (unpaired) electrons. The third-order valence-corrected chi connectivity index (χ3v) is 4.05. The van der Waals surface area contributed by atoms with Gasteiger partial charge in [0.05, 0.1) is 6.33 Å². The van der Waals surface area contributed by atoms with Gasteiger partial charge in [0.1, 0.15) is 16.9 Å². The lowest BCUT2D eigenvalue weighted by Gasteiger charge is -2.07. The molecule has 0 saturated carbocycles. The predicted octanol–water partition coefficient (Wildman–Crippen LogP) is 2.27. The van der Waals surface area contributed by atoms with Crippen LogP contribution < -0.4 is 5.73 Å². The Hall–Kier alpha value is -1.92. The zero-order valence-electron chi connectivity index (χ0n) is 10.4. The summed E-state index contributed by atoms with van der Waals surface area (Å²) in [6.45, 7) is 2.64. The molecule has 0 unspecified atom stereocenters. The van der Waals surface area contributed by atoms with Crippen molar-refractivity contribution in [2.75, 3.05) is 0 Å². The number of imidazole rings is 1. The van der Waals surface area contributed by atoms with Crippen molar-refractivity contribution in [3.05, 3.63) is 42.0 Å². The number of aromatic nitrogens is 4. The Kier molecular flexibility index (Phi) is 3.18. The number of hydrogen-bond donors (Lipinski definition) is 2. The maximum absolute atomic E-state index is 5.64. The molecule has 0 amide bonds. The molecule has 3 N–H and O–H groups in total. The normalized spacial score (nSPS) is 11.1. The van der Waals surface area contributed by atoms with Gasteiger partial charge in [-0.3, -0.25) is 0 Å². The van der Waals surface area contributed by atoms with E-state index >= 15 is 0 Å². The van der Waals surface area contributed by atoms with Crippen LogP contribution in [0.4, 0.5) is 0 Å². The molecule has 1 aromatic carbocycles. The zero-order valence-corrected chi connectivity index (χ0v) is 11.2. The highest BCUT2D eigenvalue weighted by Crippen LogP contribution is 2.32. The van der Waals surface area contributed by atoms with Crippen molar-refractivity contribution in [2.45, 2.75) is 23.4 Å². The summed E-state index contributed by atoms with van der Waals surface area (Å²) in [6, 6.07) is 6.22. The number of fused-ring (bicyclic) bond motifs is 1. The first-order valence-corrected chi connectivity index (χ1v) is 6.71. The first kappa shape index (κ1) is 12.1. The van der Waals surface area contributed by atoms with Crippen LogP contribution in [0, 0.1) is 6.92 Å². The Bertz CT molecular complexity index is 722. The topological polar surface area (TPSA) is 80.5 Å². The number of benzene rings is 1. The Balaban J connectivity index is 1.99. The van der Waals surface area contributed by atoms with Gasteiger partial charge in [-0.1, -0.05) is 23.9 Å². The van der Waals surface area contributed by atoms with E-state index in [1.165, 1.54) is 11.9 Å². The van der Waals surface area contributed by atoms with E-state index < -0.39 is 0 Å². The molecule has 0 aliphatic rings. The minimum absolute atomic E-state index is 0.560. The fourth-order valence-electron chi connectivity index (χ4n) is 1.88. The molecule has 2 aromatic heterocycles. The number of H-pyrrole nitrogens is 1. The van der Waals surface area contributed by atoms with Gasteiger partial charge in [-0.15, -0.1) is 0 Å². The second-order valence-corrected chi connectivity index (χ2v) is 5.22. The van der Waals surface area contributed by atoms with Gasteiger partial charge in [0, 0.05) is 11.4 Å². The van der Waals surface area contributed by atoms with E-state index in [0.29, 0.717) is 12.2 Å². The van der Waals surface area contributed by atoms with Crippen LogP contribution in [-0.4, -0.2) is 19.9 Å². The first-order chi connectivity index (χ1) is 9.28. The van der Waals surface area contributed by atoms with E-state index in [0.717, 1.165) is 21.0 Å². The molecule has 2 heterocycles. The van der Waals surface area contributed by atoms with Crippen LogP contribution in [-0.2, 0) is 6.54 Å². The van der Waals surface area contributed by atoms with Gasteiger partial charge in [-0.2, -0.15) is 0 Å². The van der Waals surface area contributed by atoms with Gasteiger partial charge in [0.15, 0.2) is 5.65 Å². The van der Waals surface area contributed by atoms with Crippen molar-refractivity contribution in [1.82, 2.24) is 19.9 Å². The van der Waals surface area contributed by atoms with Gasteiger partial charge in [0.25, 0.3) is 0 Å². The molecule has 96 valence electrons. The molecule has 0 fully saturated rings. The van der Waals surface area contributed by atoms with Crippen LogP contribution in [0.25, 0.3) is 11.2 Å². The van der Waals surface area contributed by atoms with Gasteiger partial charge in [-0.05, 0) is 24.1 Å². The largest absolute Gasteiger partial charge is 0.341 e. The average molecular weight is 271 g/mol. The third-order valence-electron chi connectivity index (χ3n) is 2.87. The third kappa shape index (κ3) is 2.32. The number of nitrogens with two attached hydrogens (primary N) is 1. The van der Waals surface area contributed by atoms with Crippen molar-refractivity contribution >= 4 is 22.9 Å². The predicted molar refractivity (Wildman–Crippen MR) is 74.9 cm³/mol. The van der Waals surface area contributed by atoms with Crippen molar-refractivity contribution in [3.8, 4) is 0 Å². The molecule has 6 heteroatoms. The Morgan fingerprint density at radius 1 is 1.26 bits per heavy atom. The number of nitrogens with one attached hydrogen (secondary N) is 1. The van der Waals surface area contributed by atoms with Crippen molar-refractivity contribution in [1.29, 1.82) is 0 Å². The lowest BCUT2D eigenvalue weighted by atomic mass is 10.1. The molecular weight excluding hydrogens is 258 g/mol. The van der Waals surface area contributed by atoms with Gasteiger partial charge in [-0.25, -0.2) is 15.0 Å². The summed E-state index contributed by atoms with van der Waals surface area (Å²) in [5.41, 5.74) is 9.53. The Morgan fingerprint density at radius 3 is 2.95 bits per heavy atom. The number of hydrogen-bond acceptors (Lipinski definition) is 5. The van der Waals surface area contributed by atoms with Crippen LogP contribution >= 0.6 is 11.8 Å². The van der Waals surface area contributed by atoms with Crippen LogP contribution in [0.5, 0.6) is 0 Å². The Labute approximate surface area is 114 Å². The molecule has 0 spiro atoms. The molecule has 0 bridgehead atoms. The number of aromatic amines is 1. The molecule has 0 saturated heterocycles. The second-order valence-electron chi connectivity index (χ2n) is 4.19. The standard InChI is InChI=1S/C13H13N5S/c1-8-4-9(5-14)2-3-10(8)19-13-11-12(16-6-15-11)17-7-18-13/h2-4,6-7H,5,14H2,1H3,(H,15,16,17,18). The number of aryl methyl sites for hydroxylation is 1. The van der Waals surface area contributed by atoms with Gasteiger partial charge < -0.3 is 10.7 Å². The molecule has 5 nitrogen and oxygen atoms in total. The minimum atomic E-state index is 0.560. The highest BCUT2D eigenvalue weighted by molar-refractivity contribution is 7.99. The quantitative estimate of drug-likeness (QED) is 0.714. The van der Waals surface area contributed by atoms with Gasteiger partial charge >= 0.3 is 0 Å². The van der Waals surface area contributed by atoms with Gasteiger partial charge in [0.2, 0.25) is 0 Å². The van der Waals surface area contributed by atoms with E-state index in [4.69, 9.17) is 5.73 Å². The summed E-state index contributed by atoms with van der Waals surface area (Å²) in [5, 5.41) is 0.881. The van der Waals surface area contributed by atoms with Crippen LogP contribution in [0.3, 0.4) is 0 Å². The smallest absolute Gasteiger partial charge is 0.181 e. The minimum Gasteiger partial charge on any atom is -0.341 e. The summed E-state index contributed by atoms with van der Waals surface area (Å²) < 4.78 is 0. The maximum Gasteiger partial charge on any atom is 0.181 e. The highest BCUT2D eigenvalue weighted by atomic mass is 32.2.